The summed E-state index contributed by atoms with van der Waals surface area (Å²) in [6, 6.07) is 0. The summed E-state index contributed by atoms with van der Waals surface area (Å²) in [6.07, 6.45) is 9.87. The summed E-state index contributed by atoms with van der Waals surface area (Å²) in [5.41, 5.74) is 0. The van der Waals surface area contributed by atoms with Crippen LogP contribution in [0.4, 0.5) is 0 Å². The fourth-order valence-corrected chi connectivity index (χ4v) is 2.28. The zero-order valence-corrected chi connectivity index (χ0v) is 11.3. The van der Waals surface area contributed by atoms with E-state index in [1.807, 2.05) is 0 Å². The van der Waals surface area contributed by atoms with Gasteiger partial charge >= 0.3 is 0 Å². The first-order valence-corrected chi connectivity index (χ1v) is 7.22. The van der Waals surface area contributed by atoms with Crippen LogP contribution < -0.4 is 5.32 Å². The summed E-state index contributed by atoms with van der Waals surface area (Å²) in [4.78, 5) is 2.49. The Morgan fingerprint density at radius 3 is 2.56 bits per heavy atom. The highest BCUT2D eigenvalue weighted by Crippen LogP contribution is 2.26. The predicted octanol–water partition coefficient (Wildman–Crippen LogP) is 2.89. The quantitative estimate of drug-likeness (QED) is 0.576. The molecule has 2 heteroatoms. The minimum absolute atomic E-state index is 1.01. The smallest absolute Gasteiger partial charge is 0.0104 e. The lowest BCUT2D eigenvalue weighted by Gasteiger charge is -2.30. The van der Waals surface area contributed by atoms with Gasteiger partial charge in [-0.3, -0.25) is 0 Å². The Balaban J connectivity index is 1.78. The van der Waals surface area contributed by atoms with Gasteiger partial charge in [0.05, 0.1) is 0 Å². The van der Waals surface area contributed by atoms with Crippen LogP contribution in [0.25, 0.3) is 0 Å². The van der Waals surface area contributed by atoms with Crippen molar-refractivity contribution in [2.45, 2.75) is 51.9 Å². The van der Waals surface area contributed by atoms with Gasteiger partial charge in [-0.25, -0.2) is 0 Å². The fraction of sp³-hybridized carbons (Fsp3) is 1.00. The third-order valence-corrected chi connectivity index (χ3v) is 3.67. The Kier molecular flexibility index (Phi) is 7.87. The van der Waals surface area contributed by atoms with Crippen LogP contribution in [0.1, 0.15) is 51.9 Å². The van der Waals surface area contributed by atoms with E-state index in [1.54, 1.807) is 0 Å². The summed E-state index contributed by atoms with van der Waals surface area (Å²) < 4.78 is 0. The summed E-state index contributed by atoms with van der Waals surface area (Å²) >= 11 is 0. The first-order valence-electron chi connectivity index (χ1n) is 7.22. The number of nitrogens with one attached hydrogen (secondary N) is 1. The number of likely N-dealkylation sites (N-methyl/N-ethyl adjacent to an activating group) is 1. The van der Waals surface area contributed by atoms with E-state index in [0.29, 0.717) is 0 Å². The molecule has 0 aromatic rings. The molecule has 1 aliphatic rings. The molecule has 2 nitrogen and oxygen atoms in total. The van der Waals surface area contributed by atoms with Crippen LogP contribution in [0, 0.1) is 5.92 Å². The van der Waals surface area contributed by atoms with Crippen LogP contribution in [-0.2, 0) is 0 Å². The normalized spacial score (nSPS) is 16.7. The number of rotatable bonds is 10. The van der Waals surface area contributed by atoms with E-state index in [4.69, 9.17) is 0 Å². The average Bonchev–Trinajstić information content (AvgIpc) is 2.22. The highest BCUT2D eigenvalue weighted by Gasteiger charge is 2.18. The first kappa shape index (κ1) is 14.0. The molecule has 0 unspecified atom stereocenters. The Labute approximate surface area is 102 Å². The molecule has 0 spiro atoms. The molecule has 1 fully saturated rings. The van der Waals surface area contributed by atoms with E-state index in [9.17, 15) is 0 Å². The first-order chi connectivity index (χ1) is 7.83. The molecule has 0 heterocycles. The molecule has 0 aliphatic heterocycles. The van der Waals surface area contributed by atoms with Gasteiger partial charge in [-0.05, 0) is 38.8 Å². The highest BCUT2D eigenvalue weighted by molar-refractivity contribution is 4.72. The maximum atomic E-state index is 3.54. The van der Waals surface area contributed by atoms with Gasteiger partial charge in [0, 0.05) is 19.6 Å². The number of nitrogens with zero attached hydrogens (tertiary/aromatic N) is 1. The zero-order chi connectivity index (χ0) is 11.6. The van der Waals surface area contributed by atoms with Gasteiger partial charge in [-0.15, -0.1) is 0 Å². The minimum Gasteiger partial charge on any atom is -0.315 e. The highest BCUT2D eigenvalue weighted by atomic mass is 15.1. The molecule has 0 saturated heterocycles. The maximum absolute atomic E-state index is 3.54. The molecule has 0 atom stereocenters. The topological polar surface area (TPSA) is 15.3 Å². The molecule has 0 amide bonds. The summed E-state index contributed by atoms with van der Waals surface area (Å²) in [5.74, 6) is 1.01. The minimum atomic E-state index is 1.01. The monoisotopic (exact) mass is 226 g/mol. The molecule has 16 heavy (non-hydrogen) atoms. The van der Waals surface area contributed by atoms with E-state index in [-0.39, 0.29) is 0 Å². The molecule has 1 saturated carbocycles. The third-order valence-electron chi connectivity index (χ3n) is 3.67. The van der Waals surface area contributed by atoms with E-state index >= 15 is 0 Å². The predicted molar refractivity (Wildman–Crippen MR) is 71.8 cm³/mol. The molecule has 1 aliphatic carbocycles. The Hall–Kier alpha value is -0.0800. The van der Waals surface area contributed by atoms with Gasteiger partial charge < -0.3 is 10.2 Å². The van der Waals surface area contributed by atoms with Crippen LogP contribution in [-0.4, -0.2) is 38.1 Å². The largest absolute Gasteiger partial charge is 0.315 e. The van der Waals surface area contributed by atoms with Gasteiger partial charge in [0.25, 0.3) is 0 Å². The Bertz CT molecular complexity index is 155. The van der Waals surface area contributed by atoms with Crippen molar-refractivity contribution in [2.24, 2.45) is 5.92 Å². The Morgan fingerprint density at radius 2 is 1.94 bits per heavy atom. The second-order valence-corrected chi connectivity index (χ2v) is 5.37. The van der Waals surface area contributed by atoms with Crippen molar-refractivity contribution >= 4 is 0 Å². The van der Waals surface area contributed by atoms with Gasteiger partial charge in [-0.2, -0.15) is 0 Å². The average molecular weight is 226 g/mol. The second kappa shape index (κ2) is 9.00. The molecule has 0 bridgehead atoms. The van der Waals surface area contributed by atoms with Crippen LogP contribution in [0.15, 0.2) is 0 Å². The lowest BCUT2D eigenvalue weighted by atomic mass is 9.85. The van der Waals surface area contributed by atoms with Crippen molar-refractivity contribution in [2.75, 3.05) is 33.2 Å². The Morgan fingerprint density at radius 1 is 1.12 bits per heavy atom. The lowest BCUT2D eigenvalue weighted by Crippen LogP contribution is -2.34. The number of unbranched alkanes of at least 4 members (excludes halogenated alkanes) is 3. The summed E-state index contributed by atoms with van der Waals surface area (Å²) in [6.45, 7) is 7.16. The van der Waals surface area contributed by atoms with Crippen LogP contribution in [0.5, 0.6) is 0 Å². The van der Waals surface area contributed by atoms with Crippen molar-refractivity contribution in [3.05, 3.63) is 0 Å². The van der Waals surface area contributed by atoms with Gasteiger partial charge in [-0.1, -0.05) is 32.6 Å². The molecule has 0 aromatic carbocycles. The molecule has 96 valence electrons. The van der Waals surface area contributed by atoms with Crippen molar-refractivity contribution in [1.82, 2.24) is 10.2 Å². The zero-order valence-electron chi connectivity index (χ0n) is 11.3. The van der Waals surface area contributed by atoms with Crippen LogP contribution >= 0.6 is 0 Å². The SMILES string of the molecule is CCCCCCNCCN(C)CC1CCC1. The molecule has 1 rings (SSSR count). The van der Waals surface area contributed by atoms with Crippen molar-refractivity contribution in [3.63, 3.8) is 0 Å². The van der Waals surface area contributed by atoms with Gasteiger partial charge in [0.15, 0.2) is 0 Å². The van der Waals surface area contributed by atoms with Crippen molar-refractivity contribution in [3.8, 4) is 0 Å². The maximum Gasteiger partial charge on any atom is 0.0104 e. The number of hydrogen-bond acceptors (Lipinski definition) is 2. The number of hydrogen-bond donors (Lipinski definition) is 1. The van der Waals surface area contributed by atoms with E-state index in [2.05, 4.69) is 24.2 Å². The molecular weight excluding hydrogens is 196 g/mol. The second-order valence-electron chi connectivity index (χ2n) is 5.37. The van der Waals surface area contributed by atoms with Crippen LogP contribution in [0.3, 0.4) is 0 Å². The molecule has 0 radical (unpaired) electrons. The van der Waals surface area contributed by atoms with E-state index < -0.39 is 0 Å². The lowest BCUT2D eigenvalue weighted by molar-refractivity contribution is 0.206. The molecular formula is C14H30N2. The summed E-state index contributed by atoms with van der Waals surface area (Å²) in [7, 11) is 2.26. The van der Waals surface area contributed by atoms with Gasteiger partial charge in [0.1, 0.15) is 0 Å². The summed E-state index contributed by atoms with van der Waals surface area (Å²) in [5, 5.41) is 3.54. The molecule has 0 aromatic heterocycles. The van der Waals surface area contributed by atoms with Crippen molar-refractivity contribution < 1.29 is 0 Å². The van der Waals surface area contributed by atoms with E-state index in [0.717, 1.165) is 12.5 Å². The molecule has 1 N–H and O–H groups in total. The van der Waals surface area contributed by atoms with Crippen molar-refractivity contribution in [1.29, 1.82) is 0 Å². The third kappa shape index (κ3) is 6.49. The van der Waals surface area contributed by atoms with Crippen LogP contribution in [0.2, 0.25) is 0 Å². The standard InChI is InChI=1S/C14H30N2/c1-3-4-5-6-10-15-11-12-16(2)13-14-8-7-9-14/h14-15H,3-13H2,1-2H3. The van der Waals surface area contributed by atoms with E-state index in [1.165, 1.54) is 64.6 Å². The fourth-order valence-electron chi connectivity index (χ4n) is 2.28. The van der Waals surface area contributed by atoms with Gasteiger partial charge in [0.2, 0.25) is 0 Å².